The van der Waals surface area contributed by atoms with Gasteiger partial charge < -0.3 is 36.9 Å². The number of H-pyrrole nitrogens is 1. The number of nitrogens with one attached hydrogen (secondary N) is 8. The summed E-state index contributed by atoms with van der Waals surface area (Å²) in [6.07, 6.45) is 2.15. The molecule has 2 bridgehead atoms. The van der Waals surface area contributed by atoms with Gasteiger partial charge in [0, 0.05) is 29.3 Å². The maximum atomic E-state index is 14.3. The fourth-order valence-electron chi connectivity index (χ4n) is 7.02. The lowest BCUT2D eigenvalue weighted by atomic mass is 9.97. The van der Waals surface area contributed by atoms with Crippen molar-refractivity contribution < 1.29 is 28.8 Å². The smallest absolute Gasteiger partial charge is 0.243 e. The van der Waals surface area contributed by atoms with E-state index in [9.17, 15) is 28.8 Å². The van der Waals surface area contributed by atoms with Crippen LogP contribution >= 0.6 is 11.8 Å². The molecule has 55 heavy (non-hydrogen) atoms. The van der Waals surface area contributed by atoms with Gasteiger partial charge >= 0.3 is 0 Å². The van der Waals surface area contributed by atoms with Gasteiger partial charge in [0.15, 0.2) is 0 Å². The van der Waals surface area contributed by atoms with Crippen LogP contribution in [0.1, 0.15) is 81.2 Å². The van der Waals surface area contributed by atoms with E-state index < -0.39 is 65.9 Å². The Balaban J connectivity index is 1.76. The molecule has 2 aliphatic rings. The molecule has 14 nitrogen and oxygen atoms in total. The zero-order valence-electron chi connectivity index (χ0n) is 33.9. The van der Waals surface area contributed by atoms with Gasteiger partial charge in [-0.25, -0.2) is 0 Å². The Morgan fingerprint density at radius 1 is 0.600 bits per heavy atom. The lowest BCUT2D eigenvalue weighted by Crippen LogP contribution is -2.61. The number of hydrogen-bond donors (Lipinski definition) is 8. The van der Waals surface area contributed by atoms with Gasteiger partial charge in [0.1, 0.15) is 30.2 Å². The Morgan fingerprint density at radius 3 is 1.69 bits per heavy atom. The van der Waals surface area contributed by atoms with E-state index in [0.29, 0.717) is 5.75 Å². The van der Waals surface area contributed by atoms with Crippen LogP contribution in [-0.4, -0.2) is 93.8 Å². The van der Waals surface area contributed by atoms with E-state index >= 15 is 0 Å². The van der Waals surface area contributed by atoms with Crippen molar-refractivity contribution in [3.63, 3.8) is 0 Å². The van der Waals surface area contributed by atoms with E-state index in [2.05, 4.69) is 42.2 Å². The lowest BCUT2D eigenvalue weighted by Gasteiger charge is -2.32. The van der Waals surface area contributed by atoms with Crippen molar-refractivity contribution in [2.24, 2.45) is 29.6 Å². The van der Waals surface area contributed by atoms with Gasteiger partial charge in [0.2, 0.25) is 35.4 Å². The van der Waals surface area contributed by atoms with Crippen molar-refractivity contribution in [2.75, 3.05) is 5.75 Å². The second-order valence-electron chi connectivity index (χ2n) is 16.8. The number of thioether (sulfide) groups is 1. The topological polar surface area (TPSA) is 202 Å². The largest absolute Gasteiger partial charge is 0.361 e. The van der Waals surface area contributed by atoms with Gasteiger partial charge in [-0.2, -0.15) is 0 Å². The quantitative estimate of drug-likeness (QED) is 0.199. The summed E-state index contributed by atoms with van der Waals surface area (Å²) in [6, 6.07) is 1.52. The molecule has 304 valence electrons. The molecular weight excluding hydrogens is 721 g/mol. The third kappa shape index (κ3) is 11.2. The molecule has 2 saturated heterocycles. The van der Waals surface area contributed by atoms with Gasteiger partial charge in [0.05, 0.1) is 17.5 Å². The van der Waals surface area contributed by atoms with Crippen LogP contribution in [0.25, 0.3) is 10.9 Å². The molecule has 1 aromatic heterocycles. The molecule has 8 N–H and O–H groups in total. The minimum atomic E-state index is -1.12. The molecule has 6 amide bonds. The second kappa shape index (κ2) is 19.2. The summed E-state index contributed by atoms with van der Waals surface area (Å²) in [4.78, 5) is 87.2. The molecular formula is C40H62N8O6S. The molecule has 1 aromatic carbocycles. The minimum absolute atomic E-state index is 0.0240. The molecule has 0 aliphatic carbocycles. The van der Waals surface area contributed by atoms with Crippen LogP contribution in [0.4, 0.5) is 0 Å². The van der Waals surface area contributed by atoms with Crippen molar-refractivity contribution in [1.29, 1.82) is 0 Å². The second-order valence-corrected chi connectivity index (χ2v) is 17.9. The van der Waals surface area contributed by atoms with Crippen molar-refractivity contribution in [3.8, 4) is 0 Å². The summed E-state index contributed by atoms with van der Waals surface area (Å²) in [5.74, 6) is -3.58. The SMILES string of the molecule is CC(C)C[C@H]1NC(=O)[C@H](Cc2c[nH]c3ccccc23)NC(=O)[C@@H](C(C)C)NC(=O)[C@@H]2CSC(N2)[C@H](C(C)C)NC(=O)[C@@H](C(C)C)NC(=O)[C@H](C(C)C)NC1=O. The molecule has 2 aliphatic heterocycles. The third-order valence-corrected chi connectivity index (χ3v) is 11.6. The summed E-state index contributed by atoms with van der Waals surface area (Å²) in [5, 5.41) is 21.5. The Hall–Kier alpha value is -4.11. The van der Waals surface area contributed by atoms with E-state index in [0.717, 1.165) is 16.5 Å². The summed E-state index contributed by atoms with van der Waals surface area (Å²) >= 11 is 1.50. The molecule has 4 rings (SSSR count). The van der Waals surface area contributed by atoms with Gasteiger partial charge in [-0.15, -0.1) is 11.8 Å². The molecule has 8 atom stereocenters. The number of amides is 6. The Morgan fingerprint density at radius 2 is 1.11 bits per heavy atom. The first-order chi connectivity index (χ1) is 25.9. The van der Waals surface area contributed by atoms with E-state index in [1.807, 2.05) is 79.7 Å². The van der Waals surface area contributed by atoms with Crippen molar-refractivity contribution >= 4 is 58.1 Å². The van der Waals surface area contributed by atoms with Gasteiger partial charge in [-0.1, -0.05) is 87.4 Å². The van der Waals surface area contributed by atoms with E-state index in [1.165, 1.54) is 11.8 Å². The van der Waals surface area contributed by atoms with Crippen LogP contribution in [0.15, 0.2) is 30.5 Å². The van der Waals surface area contributed by atoms with Gasteiger partial charge in [0.25, 0.3) is 0 Å². The summed E-state index contributed by atoms with van der Waals surface area (Å²) in [7, 11) is 0. The number of carbonyl (C=O) groups is 6. The maximum Gasteiger partial charge on any atom is 0.243 e. The van der Waals surface area contributed by atoms with E-state index in [1.54, 1.807) is 20.0 Å². The number of benzene rings is 1. The van der Waals surface area contributed by atoms with Crippen molar-refractivity contribution in [1.82, 2.24) is 42.2 Å². The fourth-order valence-corrected chi connectivity index (χ4v) is 8.52. The molecule has 0 radical (unpaired) electrons. The highest BCUT2D eigenvalue weighted by atomic mass is 32.2. The van der Waals surface area contributed by atoms with Crippen LogP contribution in [0.5, 0.6) is 0 Å². The van der Waals surface area contributed by atoms with Gasteiger partial charge in [-0.3, -0.25) is 34.1 Å². The van der Waals surface area contributed by atoms with Crippen molar-refractivity contribution in [3.05, 3.63) is 36.0 Å². The molecule has 2 aromatic rings. The molecule has 2 fully saturated rings. The van der Waals surface area contributed by atoms with Crippen LogP contribution in [0.3, 0.4) is 0 Å². The number of rotatable bonds is 8. The summed E-state index contributed by atoms with van der Waals surface area (Å²) in [6.45, 7) is 18.7. The molecule has 15 heteroatoms. The monoisotopic (exact) mass is 782 g/mol. The average Bonchev–Trinajstić information content (AvgIpc) is 3.76. The highest BCUT2D eigenvalue weighted by Crippen LogP contribution is 2.26. The zero-order chi connectivity index (χ0) is 40.7. The number of aromatic nitrogens is 1. The third-order valence-electron chi connectivity index (χ3n) is 10.3. The first-order valence-corrected chi connectivity index (χ1v) is 20.7. The average molecular weight is 783 g/mol. The first-order valence-electron chi connectivity index (χ1n) is 19.6. The molecule has 0 saturated carbocycles. The molecule has 1 unspecified atom stereocenters. The molecule has 3 heterocycles. The number of hydrogen-bond acceptors (Lipinski definition) is 8. The Labute approximate surface area is 329 Å². The molecule has 0 spiro atoms. The number of fused-ring (bicyclic) bond motifs is 3. The maximum absolute atomic E-state index is 14.3. The summed E-state index contributed by atoms with van der Waals surface area (Å²) < 4.78 is 0. The highest BCUT2D eigenvalue weighted by molar-refractivity contribution is 8.00. The van der Waals surface area contributed by atoms with Gasteiger partial charge in [-0.05, 0) is 47.6 Å². The highest BCUT2D eigenvalue weighted by Gasteiger charge is 2.41. The zero-order valence-corrected chi connectivity index (χ0v) is 34.7. The Kier molecular flexibility index (Phi) is 15.2. The minimum Gasteiger partial charge on any atom is -0.361 e. The fraction of sp³-hybridized carbons (Fsp3) is 0.650. The van der Waals surface area contributed by atoms with E-state index in [4.69, 9.17) is 0 Å². The standard InChI is InChI=1S/C40H62N8O6S/c1-19(2)15-27-35(50)45-31(21(5)6)38(53)47-32(22(7)8)39(54)48-33(23(9)10)40-44-29(18-55-40)36(51)46-30(20(3)4)37(52)43-28(34(49)42-27)16-24-17-41-26-14-12-11-13-25(24)26/h11-14,17,19-23,27-33,40-41,44H,15-16,18H2,1-10H3,(H,42,49)(H,43,52)(H,45,50)(H,46,51)(H,47,53)(H,48,54)/t27-,28+,29+,30-,31+,32-,33+,40?/m1/s1. The first kappa shape index (κ1) is 43.6. The Bertz CT molecular complexity index is 1690. The number of aromatic amines is 1. The van der Waals surface area contributed by atoms with Crippen LogP contribution in [0.2, 0.25) is 0 Å². The lowest BCUT2D eigenvalue weighted by molar-refractivity contribution is -0.136. The van der Waals surface area contributed by atoms with Crippen molar-refractivity contribution in [2.45, 2.75) is 130 Å². The van der Waals surface area contributed by atoms with Crippen LogP contribution in [-0.2, 0) is 35.2 Å². The number of carbonyl (C=O) groups excluding carboxylic acids is 6. The number of para-hydroxylation sites is 1. The normalized spacial score (nSPS) is 28.2. The van der Waals surface area contributed by atoms with Crippen LogP contribution < -0.4 is 37.2 Å². The van der Waals surface area contributed by atoms with E-state index in [-0.39, 0.29) is 59.6 Å². The summed E-state index contributed by atoms with van der Waals surface area (Å²) in [5.41, 5.74) is 1.65. The predicted molar refractivity (Wildman–Crippen MR) is 216 cm³/mol. The van der Waals surface area contributed by atoms with Crippen LogP contribution in [0, 0.1) is 29.6 Å². The predicted octanol–water partition coefficient (Wildman–Crippen LogP) is 2.33.